The molecule has 0 spiro atoms. The monoisotopic (exact) mass is 134 g/mol. The van der Waals surface area contributed by atoms with Crippen molar-refractivity contribution in [3.8, 4) is 6.07 Å². The Bertz CT molecular complexity index is 265. The second-order valence-corrected chi connectivity index (χ2v) is 2.16. The van der Waals surface area contributed by atoms with Gasteiger partial charge < -0.3 is 0 Å². The molecule has 0 atom stereocenters. The van der Waals surface area contributed by atoms with Gasteiger partial charge >= 0.3 is 0 Å². The Hall–Kier alpha value is -1.56. The van der Waals surface area contributed by atoms with E-state index in [-0.39, 0.29) is 0 Å². The average Bonchev–Trinajstić information content (AvgIpc) is 1.85. The lowest BCUT2D eigenvalue weighted by Crippen LogP contribution is -2.44. The molecular weight excluding hydrogens is 126 g/mol. The summed E-state index contributed by atoms with van der Waals surface area (Å²) in [6.07, 6.45) is 3.33. The number of nitriles is 1. The lowest BCUT2D eigenvalue weighted by Gasteiger charge is -1.88. The largest absolute Gasteiger partial charge is 0.216 e. The molecule has 2 N–H and O–H groups in total. The van der Waals surface area contributed by atoms with Crippen molar-refractivity contribution in [2.75, 3.05) is 5.84 Å². The van der Waals surface area contributed by atoms with Gasteiger partial charge in [0.15, 0.2) is 0 Å². The molecule has 1 aromatic heterocycles. The summed E-state index contributed by atoms with van der Waals surface area (Å²) >= 11 is 0. The van der Waals surface area contributed by atoms with E-state index in [1.165, 1.54) is 4.68 Å². The molecule has 0 aliphatic carbocycles. The van der Waals surface area contributed by atoms with E-state index in [1.807, 2.05) is 13.0 Å². The van der Waals surface area contributed by atoms with Gasteiger partial charge in [-0.1, -0.05) is 4.68 Å². The lowest BCUT2D eigenvalue weighted by molar-refractivity contribution is -0.639. The topological polar surface area (TPSA) is 53.7 Å². The molecule has 0 aromatic carbocycles. The van der Waals surface area contributed by atoms with E-state index in [0.29, 0.717) is 5.56 Å². The van der Waals surface area contributed by atoms with Gasteiger partial charge in [0.1, 0.15) is 11.6 Å². The number of rotatable bonds is 0. The highest BCUT2D eigenvalue weighted by molar-refractivity contribution is 5.25. The molecule has 3 nitrogen and oxygen atoms in total. The van der Waals surface area contributed by atoms with Crippen LogP contribution in [0.3, 0.4) is 0 Å². The summed E-state index contributed by atoms with van der Waals surface area (Å²) in [6.45, 7) is 1.89. The molecule has 1 rings (SSSR count). The number of nitrogens with zero attached hydrogens (tertiary/aromatic N) is 2. The van der Waals surface area contributed by atoms with Crippen molar-refractivity contribution in [1.82, 2.24) is 0 Å². The Labute approximate surface area is 59.3 Å². The van der Waals surface area contributed by atoms with Crippen LogP contribution in [0.25, 0.3) is 0 Å². The Morgan fingerprint density at radius 3 is 2.80 bits per heavy atom. The molecule has 0 fully saturated rings. The van der Waals surface area contributed by atoms with Crippen molar-refractivity contribution in [2.24, 2.45) is 0 Å². The number of hydrogen-bond donors (Lipinski definition) is 1. The van der Waals surface area contributed by atoms with Crippen LogP contribution in [0.2, 0.25) is 0 Å². The summed E-state index contributed by atoms with van der Waals surface area (Å²) in [6, 6.07) is 3.79. The van der Waals surface area contributed by atoms with Crippen LogP contribution >= 0.6 is 0 Å². The molecule has 0 bridgehead atoms. The number of nitrogen functional groups attached to an aromatic ring is 1. The molecular formula is C7H8N3+. The minimum absolute atomic E-state index is 0.586. The molecule has 0 saturated heterocycles. The Morgan fingerprint density at radius 2 is 2.30 bits per heavy atom. The Kier molecular flexibility index (Phi) is 1.55. The average molecular weight is 134 g/mol. The fraction of sp³-hybridized carbons (Fsp3) is 0.143. The predicted octanol–water partition coefficient (Wildman–Crippen LogP) is -0.132. The Morgan fingerprint density at radius 1 is 1.60 bits per heavy atom. The number of aromatic nitrogens is 1. The SMILES string of the molecule is Cc1cc(C#N)c[n+](N)c1. The highest BCUT2D eigenvalue weighted by Gasteiger charge is 1.99. The third-order valence-electron chi connectivity index (χ3n) is 1.15. The molecule has 0 radical (unpaired) electrons. The first-order chi connectivity index (χ1) is 4.72. The summed E-state index contributed by atoms with van der Waals surface area (Å²) < 4.78 is 1.38. The molecule has 1 heterocycles. The molecule has 50 valence electrons. The minimum Gasteiger partial charge on any atom is -0.205 e. The maximum atomic E-state index is 8.47. The fourth-order valence-corrected chi connectivity index (χ4v) is 0.814. The standard InChI is InChI=1S/C7H8N3/c1-6-2-7(3-8)5-10(9)4-6/h2,4-5H,9H2,1H3/q+1. The normalized spacial score (nSPS) is 8.80. The molecule has 0 aliphatic heterocycles. The second-order valence-electron chi connectivity index (χ2n) is 2.16. The van der Waals surface area contributed by atoms with Crippen molar-refractivity contribution in [2.45, 2.75) is 6.92 Å². The molecule has 3 heteroatoms. The third-order valence-corrected chi connectivity index (χ3v) is 1.15. The lowest BCUT2D eigenvalue weighted by atomic mass is 10.2. The highest BCUT2D eigenvalue weighted by atomic mass is 15.3. The first-order valence-electron chi connectivity index (χ1n) is 2.90. The zero-order valence-corrected chi connectivity index (χ0v) is 5.70. The molecule has 0 saturated carbocycles. The molecule has 0 unspecified atom stereocenters. The number of nitrogens with two attached hydrogens (primary N) is 1. The summed E-state index contributed by atoms with van der Waals surface area (Å²) in [7, 11) is 0. The van der Waals surface area contributed by atoms with Crippen molar-refractivity contribution in [3.63, 3.8) is 0 Å². The van der Waals surface area contributed by atoms with Gasteiger partial charge in [-0.2, -0.15) is 5.26 Å². The van der Waals surface area contributed by atoms with Gasteiger partial charge in [0.25, 0.3) is 0 Å². The summed E-state index contributed by atoms with van der Waals surface area (Å²) in [5.41, 5.74) is 1.57. The van der Waals surface area contributed by atoms with Crippen LogP contribution in [0.15, 0.2) is 18.5 Å². The molecule has 0 amide bonds. The zero-order valence-electron chi connectivity index (χ0n) is 5.70. The molecule has 10 heavy (non-hydrogen) atoms. The zero-order chi connectivity index (χ0) is 7.56. The summed E-state index contributed by atoms with van der Waals surface area (Å²) in [5, 5.41) is 8.47. The molecule has 0 aliphatic rings. The van der Waals surface area contributed by atoms with Gasteiger partial charge in [-0.25, -0.2) is 5.84 Å². The number of pyridine rings is 1. The van der Waals surface area contributed by atoms with Crippen molar-refractivity contribution >= 4 is 0 Å². The quantitative estimate of drug-likeness (QED) is 0.397. The summed E-state index contributed by atoms with van der Waals surface area (Å²) in [4.78, 5) is 0. The van der Waals surface area contributed by atoms with E-state index < -0.39 is 0 Å². The first kappa shape index (κ1) is 6.56. The van der Waals surface area contributed by atoms with Crippen LogP contribution in [0, 0.1) is 18.3 Å². The van der Waals surface area contributed by atoms with Gasteiger partial charge in [0.2, 0.25) is 12.4 Å². The van der Waals surface area contributed by atoms with Crippen LogP contribution in [-0.4, -0.2) is 0 Å². The van der Waals surface area contributed by atoms with Crippen LogP contribution in [0.5, 0.6) is 0 Å². The van der Waals surface area contributed by atoms with Crippen LogP contribution in [0.1, 0.15) is 11.1 Å². The van der Waals surface area contributed by atoms with E-state index in [2.05, 4.69) is 0 Å². The van der Waals surface area contributed by atoms with E-state index in [4.69, 9.17) is 11.1 Å². The van der Waals surface area contributed by atoms with E-state index in [0.717, 1.165) is 5.56 Å². The van der Waals surface area contributed by atoms with Crippen LogP contribution in [0.4, 0.5) is 0 Å². The maximum Gasteiger partial charge on any atom is 0.216 e. The summed E-state index contributed by atoms with van der Waals surface area (Å²) in [5.74, 6) is 5.40. The predicted molar refractivity (Wildman–Crippen MR) is 36.2 cm³/mol. The van der Waals surface area contributed by atoms with Crippen LogP contribution in [-0.2, 0) is 0 Å². The number of hydrogen-bond acceptors (Lipinski definition) is 2. The first-order valence-corrected chi connectivity index (χ1v) is 2.90. The van der Waals surface area contributed by atoms with E-state index >= 15 is 0 Å². The van der Waals surface area contributed by atoms with Gasteiger partial charge in [0, 0.05) is 5.56 Å². The third kappa shape index (κ3) is 1.23. The van der Waals surface area contributed by atoms with Gasteiger partial charge in [-0.05, 0) is 13.0 Å². The van der Waals surface area contributed by atoms with Crippen molar-refractivity contribution < 1.29 is 4.68 Å². The van der Waals surface area contributed by atoms with Gasteiger partial charge in [-0.3, -0.25) is 0 Å². The van der Waals surface area contributed by atoms with Crippen molar-refractivity contribution in [3.05, 3.63) is 29.6 Å². The van der Waals surface area contributed by atoms with E-state index in [9.17, 15) is 0 Å². The van der Waals surface area contributed by atoms with Gasteiger partial charge in [0.05, 0.1) is 0 Å². The van der Waals surface area contributed by atoms with E-state index in [1.54, 1.807) is 18.5 Å². The highest BCUT2D eigenvalue weighted by Crippen LogP contribution is 1.95. The minimum atomic E-state index is 0.586. The van der Waals surface area contributed by atoms with Gasteiger partial charge in [-0.15, -0.1) is 0 Å². The second kappa shape index (κ2) is 2.36. The number of aryl methyl sites for hydroxylation is 1. The van der Waals surface area contributed by atoms with Crippen molar-refractivity contribution in [1.29, 1.82) is 5.26 Å². The molecule has 1 aromatic rings. The smallest absolute Gasteiger partial charge is 0.205 e. The fourth-order valence-electron chi connectivity index (χ4n) is 0.814. The Balaban J connectivity index is 3.22. The maximum absolute atomic E-state index is 8.47. The van der Waals surface area contributed by atoms with Crippen LogP contribution < -0.4 is 10.5 Å².